The monoisotopic (exact) mass is 389 g/mol. The molecule has 2 aliphatic heterocycles. The zero-order chi connectivity index (χ0) is 20.5. The van der Waals surface area contributed by atoms with Crippen molar-refractivity contribution in [2.75, 3.05) is 39.1 Å². The van der Waals surface area contributed by atoms with Crippen molar-refractivity contribution in [2.24, 2.45) is 0 Å². The van der Waals surface area contributed by atoms with E-state index in [0.717, 1.165) is 48.7 Å². The van der Waals surface area contributed by atoms with E-state index in [1.54, 1.807) is 27.9 Å². The van der Waals surface area contributed by atoms with Crippen LogP contribution in [0.4, 0.5) is 5.82 Å². The van der Waals surface area contributed by atoms with E-state index in [0.29, 0.717) is 19.6 Å². The molecule has 1 fully saturated rings. The maximum atomic E-state index is 12.8. The van der Waals surface area contributed by atoms with Gasteiger partial charge < -0.3 is 19.9 Å². The fourth-order valence-corrected chi connectivity index (χ4v) is 3.93. The summed E-state index contributed by atoms with van der Waals surface area (Å²) in [6.07, 6.45) is 2.60. The summed E-state index contributed by atoms with van der Waals surface area (Å²) >= 11 is 0. The number of piperidine rings is 1. The third-order valence-corrected chi connectivity index (χ3v) is 5.86. The van der Waals surface area contributed by atoms with Gasteiger partial charge in [-0.1, -0.05) is 0 Å². The normalized spacial score (nSPS) is 20.0. The lowest BCUT2D eigenvalue weighted by atomic mass is 9.94. The quantitative estimate of drug-likeness (QED) is 0.841. The van der Waals surface area contributed by atoms with E-state index >= 15 is 0 Å². The van der Waals surface area contributed by atoms with Crippen LogP contribution in [0.15, 0.2) is 0 Å². The Morgan fingerprint density at radius 1 is 1.21 bits per heavy atom. The van der Waals surface area contributed by atoms with Gasteiger partial charge in [0.25, 0.3) is 5.91 Å². The van der Waals surface area contributed by atoms with Crippen molar-refractivity contribution in [1.29, 1.82) is 0 Å². The number of ether oxygens (including phenoxy) is 1. The number of rotatable bonds is 4. The van der Waals surface area contributed by atoms with Crippen LogP contribution >= 0.6 is 0 Å². The topological polar surface area (TPSA) is 87.7 Å². The second-order valence-electron chi connectivity index (χ2n) is 8.10. The smallest absolute Gasteiger partial charge is 0.254 e. The molecule has 1 aromatic heterocycles. The molecule has 0 radical (unpaired) electrons. The molecule has 2 amide bonds. The molecular formula is C20H31N5O3. The van der Waals surface area contributed by atoms with Crippen molar-refractivity contribution < 1.29 is 14.3 Å². The summed E-state index contributed by atoms with van der Waals surface area (Å²) in [5.41, 5.74) is 1.18. The number of carbonyl (C=O) groups excluding carboxylic acids is 2. The molecule has 3 rings (SSSR count). The number of methoxy groups -OCH3 is 1. The van der Waals surface area contributed by atoms with Gasteiger partial charge in [-0.2, -0.15) is 0 Å². The lowest BCUT2D eigenvalue weighted by Crippen LogP contribution is -2.49. The largest absolute Gasteiger partial charge is 0.373 e. The molecule has 154 valence electrons. The zero-order valence-corrected chi connectivity index (χ0v) is 17.5. The number of amides is 2. The summed E-state index contributed by atoms with van der Waals surface area (Å²) in [5, 5.41) is 3.17. The number of aromatic nitrogens is 2. The number of nitrogens with one attached hydrogen (secondary N) is 1. The fraction of sp³-hybridized carbons (Fsp3) is 0.700. The minimum atomic E-state index is -0.828. The van der Waals surface area contributed by atoms with Gasteiger partial charge in [-0.05, 0) is 26.7 Å². The van der Waals surface area contributed by atoms with E-state index in [1.807, 2.05) is 16.8 Å². The molecule has 28 heavy (non-hydrogen) atoms. The Labute approximate surface area is 166 Å². The van der Waals surface area contributed by atoms with Crippen LogP contribution in [-0.2, 0) is 27.3 Å². The standard InChI is InChI=1S/C20H31N5O3/c1-13(26)24-10-8-16-15(12-24)18(21-4)23-17(22-16)14-7-6-9-25(11-14)19(27)20(2,3)28-5/h14H,6-12H2,1-5H3,(H,21,22,23). The lowest BCUT2D eigenvalue weighted by Gasteiger charge is -2.37. The van der Waals surface area contributed by atoms with Crippen molar-refractivity contribution in [1.82, 2.24) is 19.8 Å². The van der Waals surface area contributed by atoms with E-state index in [-0.39, 0.29) is 17.7 Å². The van der Waals surface area contributed by atoms with Crippen molar-refractivity contribution in [3.05, 3.63) is 17.1 Å². The molecule has 8 heteroatoms. The fourth-order valence-electron chi connectivity index (χ4n) is 3.93. The summed E-state index contributed by atoms with van der Waals surface area (Å²) in [5.74, 6) is 1.75. The van der Waals surface area contributed by atoms with Crippen LogP contribution in [0, 0.1) is 0 Å². The molecule has 1 saturated heterocycles. The third kappa shape index (κ3) is 3.97. The summed E-state index contributed by atoms with van der Waals surface area (Å²) in [4.78, 5) is 37.9. The van der Waals surface area contributed by atoms with Crippen molar-refractivity contribution in [2.45, 2.75) is 58.1 Å². The Bertz CT molecular complexity index is 747. The number of likely N-dealkylation sites (tertiary alicyclic amines) is 1. The molecule has 1 N–H and O–H groups in total. The van der Waals surface area contributed by atoms with Gasteiger partial charge in [0.05, 0.1) is 12.2 Å². The van der Waals surface area contributed by atoms with Crippen LogP contribution in [0.5, 0.6) is 0 Å². The third-order valence-electron chi connectivity index (χ3n) is 5.86. The van der Waals surface area contributed by atoms with Crippen molar-refractivity contribution in [3.63, 3.8) is 0 Å². The molecule has 0 aliphatic carbocycles. The maximum absolute atomic E-state index is 12.8. The Morgan fingerprint density at radius 3 is 2.61 bits per heavy atom. The van der Waals surface area contributed by atoms with E-state index in [1.165, 1.54) is 0 Å². The highest BCUT2D eigenvalue weighted by Gasteiger charge is 2.36. The Morgan fingerprint density at radius 2 is 1.96 bits per heavy atom. The number of fused-ring (bicyclic) bond motifs is 1. The molecule has 1 atom stereocenters. The van der Waals surface area contributed by atoms with E-state index < -0.39 is 5.60 Å². The number of carbonyl (C=O) groups is 2. The van der Waals surface area contributed by atoms with Gasteiger partial charge >= 0.3 is 0 Å². The van der Waals surface area contributed by atoms with Gasteiger partial charge in [-0.3, -0.25) is 9.59 Å². The molecule has 0 saturated carbocycles. The first kappa shape index (κ1) is 20.5. The molecule has 3 heterocycles. The summed E-state index contributed by atoms with van der Waals surface area (Å²) in [6.45, 7) is 7.75. The van der Waals surface area contributed by atoms with Crippen LogP contribution in [0.25, 0.3) is 0 Å². The SMILES string of the molecule is CNc1nc(C2CCCN(C(=O)C(C)(C)OC)C2)nc2c1CN(C(C)=O)CC2. The summed E-state index contributed by atoms with van der Waals surface area (Å²) < 4.78 is 5.37. The van der Waals surface area contributed by atoms with Gasteiger partial charge in [0.1, 0.15) is 17.2 Å². The second kappa shape index (κ2) is 8.03. The van der Waals surface area contributed by atoms with Crippen LogP contribution in [0.3, 0.4) is 0 Å². The number of anilines is 1. The molecule has 2 aliphatic rings. The maximum Gasteiger partial charge on any atom is 0.254 e. The average molecular weight is 390 g/mol. The van der Waals surface area contributed by atoms with E-state index in [2.05, 4.69) is 5.32 Å². The lowest BCUT2D eigenvalue weighted by molar-refractivity contribution is -0.152. The highest BCUT2D eigenvalue weighted by atomic mass is 16.5. The van der Waals surface area contributed by atoms with Crippen molar-refractivity contribution >= 4 is 17.6 Å². The first-order valence-electron chi connectivity index (χ1n) is 9.94. The highest BCUT2D eigenvalue weighted by Crippen LogP contribution is 2.30. The van der Waals surface area contributed by atoms with E-state index in [9.17, 15) is 9.59 Å². The molecule has 0 bridgehead atoms. The Hall–Kier alpha value is -2.22. The van der Waals surface area contributed by atoms with Gasteiger partial charge in [0, 0.05) is 58.6 Å². The van der Waals surface area contributed by atoms with Crippen molar-refractivity contribution in [3.8, 4) is 0 Å². The van der Waals surface area contributed by atoms with Crippen LogP contribution in [0.2, 0.25) is 0 Å². The first-order chi connectivity index (χ1) is 13.3. The number of hydrogen-bond acceptors (Lipinski definition) is 6. The van der Waals surface area contributed by atoms with Crippen LogP contribution in [-0.4, -0.2) is 71.0 Å². The summed E-state index contributed by atoms with van der Waals surface area (Å²) in [6, 6.07) is 0. The predicted molar refractivity (Wildman–Crippen MR) is 106 cm³/mol. The van der Waals surface area contributed by atoms with Crippen LogP contribution < -0.4 is 5.32 Å². The molecule has 1 unspecified atom stereocenters. The summed E-state index contributed by atoms with van der Waals surface area (Å²) in [7, 11) is 3.41. The minimum Gasteiger partial charge on any atom is -0.373 e. The Kier molecular flexibility index (Phi) is 5.88. The van der Waals surface area contributed by atoms with Gasteiger partial charge in [0.2, 0.25) is 5.91 Å². The van der Waals surface area contributed by atoms with E-state index in [4.69, 9.17) is 14.7 Å². The predicted octanol–water partition coefficient (Wildman–Crippen LogP) is 1.55. The first-order valence-corrected chi connectivity index (χ1v) is 9.94. The average Bonchev–Trinajstić information content (AvgIpc) is 2.71. The number of hydrogen-bond donors (Lipinski definition) is 1. The number of nitrogens with zero attached hydrogens (tertiary/aromatic N) is 4. The second-order valence-corrected chi connectivity index (χ2v) is 8.10. The van der Waals surface area contributed by atoms with Gasteiger partial charge in [0.15, 0.2) is 0 Å². The van der Waals surface area contributed by atoms with Gasteiger partial charge in [-0.25, -0.2) is 9.97 Å². The van der Waals surface area contributed by atoms with Gasteiger partial charge in [-0.15, -0.1) is 0 Å². The molecule has 0 aromatic carbocycles. The molecular weight excluding hydrogens is 358 g/mol. The zero-order valence-electron chi connectivity index (χ0n) is 17.5. The van der Waals surface area contributed by atoms with Crippen LogP contribution in [0.1, 0.15) is 56.6 Å². The highest BCUT2D eigenvalue weighted by molar-refractivity contribution is 5.84. The minimum absolute atomic E-state index is 0.00333. The Balaban J connectivity index is 1.84. The molecule has 1 aromatic rings. The molecule has 0 spiro atoms. The molecule has 8 nitrogen and oxygen atoms in total.